The van der Waals surface area contributed by atoms with Gasteiger partial charge >= 0.3 is 0 Å². The Kier molecular flexibility index (Phi) is 3.31. The number of nitrogens with zero attached hydrogens (tertiary/aromatic N) is 1. The summed E-state index contributed by atoms with van der Waals surface area (Å²) in [4.78, 5) is 4.18. The Morgan fingerprint density at radius 2 is 2.12 bits per heavy atom. The molecular formula is C12H13NO2S. The average Bonchev–Trinajstić information content (AvgIpc) is 2.27. The second kappa shape index (κ2) is 4.72. The van der Waals surface area contributed by atoms with Crippen LogP contribution in [0.4, 0.5) is 0 Å². The zero-order valence-electron chi connectivity index (χ0n) is 8.96. The van der Waals surface area contributed by atoms with Crippen molar-refractivity contribution in [3.8, 4) is 0 Å². The van der Waals surface area contributed by atoms with E-state index in [9.17, 15) is 9.32 Å². The Morgan fingerprint density at radius 1 is 1.38 bits per heavy atom. The van der Waals surface area contributed by atoms with Crippen molar-refractivity contribution in [2.24, 2.45) is 0 Å². The lowest BCUT2D eigenvalue weighted by atomic mass is 10.1. The van der Waals surface area contributed by atoms with Gasteiger partial charge < -0.3 is 5.11 Å². The van der Waals surface area contributed by atoms with E-state index in [0.29, 0.717) is 5.69 Å². The van der Waals surface area contributed by atoms with E-state index in [4.69, 9.17) is 0 Å². The number of hydrogen-bond donors (Lipinski definition) is 1. The molecule has 0 radical (unpaired) electrons. The molecule has 0 aliphatic carbocycles. The number of aliphatic hydroxyl groups excluding tert-OH is 1. The van der Waals surface area contributed by atoms with Gasteiger partial charge in [0.05, 0.1) is 11.4 Å². The molecule has 0 bridgehead atoms. The van der Waals surface area contributed by atoms with E-state index in [-0.39, 0.29) is 5.75 Å². The first-order valence-corrected chi connectivity index (χ1v) is 6.73. The molecule has 2 aromatic rings. The first-order valence-electron chi connectivity index (χ1n) is 5.00. The zero-order valence-corrected chi connectivity index (χ0v) is 9.78. The monoisotopic (exact) mass is 235 g/mol. The molecule has 16 heavy (non-hydrogen) atoms. The molecule has 2 rings (SSSR count). The van der Waals surface area contributed by atoms with E-state index in [2.05, 4.69) is 4.98 Å². The van der Waals surface area contributed by atoms with Crippen LogP contribution in [0, 0.1) is 0 Å². The molecule has 0 saturated carbocycles. The summed E-state index contributed by atoms with van der Waals surface area (Å²) in [6, 6.07) is 9.63. The number of aliphatic hydroxyl groups is 1. The lowest BCUT2D eigenvalue weighted by molar-refractivity contribution is 0.200. The van der Waals surface area contributed by atoms with Crippen molar-refractivity contribution in [3.05, 3.63) is 42.2 Å². The van der Waals surface area contributed by atoms with Crippen LogP contribution in [0.25, 0.3) is 10.8 Å². The van der Waals surface area contributed by atoms with Gasteiger partial charge in [-0.25, -0.2) is 0 Å². The molecule has 3 nitrogen and oxygen atoms in total. The summed E-state index contributed by atoms with van der Waals surface area (Å²) in [5.41, 5.74) is 0.605. The summed E-state index contributed by atoms with van der Waals surface area (Å²) in [6.07, 6.45) is 2.48. The maximum Gasteiger partial charge on any atom is 0.108 e. The van der Waals surface area contributed by atoms with Gasteiger partial charge in [-0.05, 0) is 11.5 Å². The second-order valence-electron chi connectivity index (χ2n) is 3.67. The van der Waals surface area contributed by atoms with Crippen LogP contribution in [0.2, 0.25) is 0 Å². The highest BCUT2D eigenvalue weighted by Gasteiger charge is 2.13. The van der Waals surface area contributed by atoms with E-state index in [1.165, 1.54) is 0 Å². The van der Waals surface area contributed by atoms with Crippen LogP contribution in [0.3, 0.4) is 0 Å². The van der Waals surface area contributed by atoms with Crippen LogP contribution in [-0.2, 0) is 10.8 Å². The number of benzene rings is 1. The molecular weight excluding hydrogens is 222 g/mol. The Bertz CT molecular complexity index is 522. The molecule has 0 amide bonds. The average molecular weight is 235 g/mol. The molecule has 84 valence electrons. The van der Waals surface area contributed by atoms with Gasteiger partial charge in [-0.1, -0.05) is 24.3 Å². The number of rotatable bonds is 3. The smallest absolute Gasteiger partial charge is 0.108 e. The lowest BCUT2D eigenvalue weighted by Crippen LogP contribution is -2.09. The van der Waals surface area contributed by atoms with E-state index >= 15 is 0 Å². The molecule has 0 aliphatic rings. The molecule has 1 heterocycles. The highest BCUT2D eigenvalue weighted by molar-refractivity contribution is 7.84. The van der Waals surface area contributed by atoms with Crippen LogP contribution in [0.15, 0.2) is 36.5 Å². The zero-order chi connectivity index (χ0) is 11.5. The minimum absolute atomic E-state index is 0.223. The molecule has 0 saturated heterocycles. The fraction of sp³-hybridized carbons (Fsp3) is 0.250. The van der Waals surface area contributed by atoms with Crippen molar-refractivity contribution < 1.29 is 9.32 Å². The molecule has 0 spiro atoms. The standard InChI is InChI=1S/C12H13NO2S/c1-16(15)8-11(14)12-10-5-3-2-4-9(10)6-7-13-12/h2-7,11,14H,8H2,1H3. The largest absolute Gasteiger partial charge is 0.386 e. The topological polar surface area (TPSA) is 50.2 Å². The second-order valence-corrected chi connectivity index (χ2v) is 5.15. The first kappa shape index (κ1) is 11.2. The number of fused-ring (bicyclic) bond motifs is 1. The van der Waals surface area contributed by atoms with Gasteiger partial charge in [0.1, 0.15) is 6.10 Å². The van der Waals surface area contributed by atoms with Gasteiger partial charge in [0.15, 0.2) is 0 Å². The quantitative estimate of drug-likeness (QED) is 0.880. The highest BCUT2D eigenvalue weighted by Crippen LogP contribution is 2.22. The normalized spacial score (nSPS) is 14.9. The summed E-state index contributed by atoms with van der Waals surface area (Å²) < 4.78 is 11.1. The minimum atomic E-state index is -1.03. The van der Waals surface area contributed by atoms with Crippen molar-refractivity contribution in [2.75, 3.05) is 12.0 Å². The summed E-state index contributed by atoms with van der Waals surface area (Å²) in [5, 5.41) is 11.9. The van der Waals surface area contributed by atoms with E-state index in [1.807, 2.05) is 30.3 Å². The third kappa shape index (κ3) is 2.28. The SMILES string of the molecule is CS(=O)CC(O)c1nccc2ccccc12. The van der Waals surface area contributed by atoms with Crippen LogP contribution in [-0.4, -0.2) is 26.3 Å². The molecule has 2 atom stereocenters. The molecule has 1 aromatic carbocycles. The predicted octanol–water partition coefficient (Wildman–Crippen LogP) is 1.65. The van der Waals surface area contributed by atoms with Crippen molar-refractivity contribution in [2.45, 2.75) is 6.10 Å². The van der Waals surface area contributed by atoms with Crippen LogP contribution in [0.1, 0.15) is 11.8 Å². The van der Waals surface area contributed by atoms with Crippen molar-refractivity contribution in [1.82, 2.24) is 4.98 Å². The van der Waals surface area contributed by atoms with Gasteiger partial charge in [0.25, 0.3) is 0 Å². The summed E-state index contributed by atoms with van der Waals surface area (Å²) in [5.74, 6) is 0.223. The van der Waals surface area contributed by atoms with Crippen LogP contribution in [0.5, 0.6) is 0 Å². The molecule has 2 unspecified atom stereocenters. The van der Waals surface area contributed by atoms with Crippen molar-refractivity contribution >= 4 is 21.6 Å². The minimum Gasteiger partial charge on any atom is -0.386 e. The summed E-state index contributed by atoms with van der Waals surface area (Å²) in [7, 11) is -1.03. The van der Waals surface area contributed by atoms with Crippen molar-refractivity contribution in [3.63, 3.8) is 0 Å². The Balaban J connectivity index is 2.47. The Morgan fingerprint density at radius 3 is 2.88 bits per heavy atom. The van der Waals surface area contributed by atoms with Gasteiger partial charge in [-0.15, -0.1) is 0 Å². The van der Waals surface area contributed by atoms with Gasteiger partial charge in [0, 0.05) is 28.6 Å². The van der Waals surface area contributed by atoms with E-state index in [0.717, 1.165) is 10.8 Å². The first-order chi connectivity index (χ1) is 7.68. The fourth-order valence-corrected chi connectivity index (χ4v) is 2.31. The molecule has 1 aromatic heterocycles. The van der Waals surface area contributed by atoms with E-state index in [1.54, 1.807) is 12.5 Å². The van der Waals surface area contributed by atoms with Gasteiger partial charge in [0.2, 0.25) is 0 Å². The van der Waals surface area contributed by atoms with E-state index < -0.39 is 16.9 Å². The van der Waals surface area contributed by atoms with Crippen LogP contribution >= 0.6 is 0 Å². The maximum atomic E-state index is 11.1. The predicted molar refractivity (Wildman–Crippen MR) is 65.6 cm³/mol. The third-order valence-electron chi connectivity index (χ3n) is 2.41. The van der Waals surface area contributed by atoms with Gasteiger partial charge in [-0.2, -0.15) is 0 Å². The van der Waals surface area contributed by atoms with Crippen molar-refractivity contribution in [1.29, 1.82) is 0 Å². The number of hydrogen-bond acceptors (Lipinski definition) is 3. The summed E-state index contributed by atoms with van der Waals surface area (Å²) >= 11 is 0. The van der Waals surface area contributed by atoms with Gasteiger partial charge in [-0.3, -0.25) is 9.19 Å². The number of pyridine rings is 1. The molecule has 0 fully saturated rings. The summed E-state index contributed by atoms with van der Waals surface area (Å²) in [6.45, 7) is 0. The molecule has 0 aliphatic heterocycles. The fourth-order valence-electron chi connectivity index (χ4n) is 1.71. The third-order valence-corrected chi connectivity index (χ3v) is 3.20. The Labute approximate surface area is 96.6 Å². The number of aromatic nitrogens is 1. The molecule has 4 heteroatoms. The lowest BCUT2D eigenvalue weighted by Gasteiger charge is -2.10. The highest BCUT2D eigenvalue weighted by atomic mass is 32.2. The Hall–Kier alpha value is -1.26. The maximum absolute atomic E-state index is 11.1. The van der Waals surface area contributed by atoms with Crippen LogP contribution < -0.4 is 0 Å². The molecule has 1 N–H and O–H groups in total.